The van der Waals surface area contributed by atoms with E-state index in [0.717, 1.165) is 34.4 Å². The third kappa shape index (κ3) is 7.70. The second kappa shape index (κ2) is 13.3. The summed E-state index contributed by atoms with van der Waals surface area (Å²) in [4.78, 5) is 24.8. The first-order valence-corrected chi connectivity index (χ1v) is 16.1. The van der Waals surface area contributed by atoms with Crippen LogP contribution in [0.5, 0.6) is 5.75 Å². The van der Waals surface area contributed by atoms with E-state index in [4.69, 9.17) is 14.2 Å². The van der Waals surface area contributed by atoms with Crippen molar-refractivity contribution in [2.75, 3.05) is 19.3 Å². The second-order valence-corrected chi connectivity index (χ2v) is 13.2. The maximum Gasteiger partial charge on any atom is 0.410 e. The van der Waals surface area contributed by atoms with E-state index in [1.54, 1.807) is 24.3 Å². The molecule has 1 aliphatic carbocycles. The summed E-state index contributed by atoms with van der Waals surface area (Å²) in [6.45, 7) is 3.70. The number of benzene rings is 3. The van der Waals surface area contributed by atoms with Gasteiger partial charge in [-0.2, -0.15) is 11.1 Å². The average Bonchev–Trinajstić information content (AvgIpc) is 3.80. The summed E-state index contributed by atoms with van der Waals surface area (Å²) in [6.07, 6.45) is 2.13. The number of esters is 1. The van der Waals surface area contributed by atoms with Gasteiger partial charge in [0.15, 0.2) is 5.60 Å². The van der Waals surface area contributed by atoms with Crippen LogP contribution in [0.1, 0.15) is 37.8 Å². The Labute approximate surface area is 258 Å². The molecule has 44 heavy (non-hydrogen) atoms. The van der Waals surface area contributed by atoms with Crippen molar-refractivity contribution in [1.82, 2.24) is 9.62 Å². The van der Waals surface area contributed by atoms with Gasteiger partial charge in [0, 0.05) is 26.3 Å². The molecule has 2 aliphatic rings. The Bertz CT molecular complexity index is 1540. The Morgan fingerprint density at radius 3 is 2.36 bits per heavy atom. The van der Waals surface area contributed by atoms with Crippen molar-refractivity contribution in [3.05, 3.63) is 107 Å². The first-order chi connectivity index (χ1) is 21.0. The normalized spacial score (nSPS) is 17.8. The lowest BCUT2D eigenvalue weighted by Gasteiger charge is -2.53. The lowest BCUT2D eigenvalue weighted by Crippen LogP contribution is -2.60. The summed E-state index contributed by atoms with van der Waals surface area (Å²) in [6, 6.07) is 19.5. The molecular formula is C33H36F2N2O6S. The number of aliphatic hydroxyl groups excluding tert-OH is 1. The van der Waals surface area contributed by atoms with Crippen LogP contribution in [0.4, 0.5) is 13.6 Å². The SMILES string of the molecule is CC(=O)OC(C)OC(=O)NC(Cc1cccc([SH](C)N2CC(Oc3cccc(F)c3)(c3ccc(F)cc3)C2)c1)C(O)=C1CC1. The van der Waals surface area contributed by atoms with Gasteiger partial charge < -0.3 is 24.6 Å². The molecule has 1 amide bonds. The van der Waals surface area contributed by atoms with E-state index < -0.39 is 46.9 Å². The Hall–Kier alpha value is -4.09. The number of amides is 1. The first-order valence-electron chi connectivity index (χ1n) is 14.3. The molecule has 5 rings (SSSR count). The highest BCUT2D eigenvalue weighted by molar-refractivity contribution is 8.14. The van der Waals surface area contributed by atoms with Crippen LogP contribution in [-0.2, 0) is 26.3 Å². The quantitative estimate of drug-likeness (QED) is 0.0993. The number of nitrogens with one attached hydrogen (secondary N) is 1. The van der Waals surface area contributed by atoms with Crippen molar-refractivity contribution >= 4 is 23.1 Å². The highest BCUT2D eigenvalue weighted by atomic mass is 32.2. The molecular weight excluding hydrogens is 590 g/mol. The number of carbonyl (C=O) groups excluding carboxylic acids is 2. The molecule has 0 bridgehead atoms. The maximum absolute atomic E-state index is 13.9. The van der Waals surface area contributed by atoms with Crippen LogP contribution in [-0.4, -0.2) is 53.2 Å². The number of hydrogen-bond donors (Lipinski definition) is 3. The second-order valence-electron chi connectivity index (χ2n) is 11.0. The Morgan fingerprint density at radius 2 is 1.70 bits per heavy atom. The van der Waals surface area contributed by atoms with E-state index in [-0.39, 0.29) is 11.6 Å². The smallest absolute Gasteiger partial charge is 0.410 e. The third-order valence-electron chi connectivity index (χ3n) is 7.59. The molecule has 0 aromatic heterocycles. The molecule has 0 radical (unpaired) electrons. The monoisotopic (exact) mass is 626 g/mol. The zero-order chi connectivity index (χ0) is 31.4. The highest BCUT2D eigenvalue weighted by Gasteiger charge is 2.48. The van der Waals surface area contributed by atoms with E-state index in [1.165, 1.54) is 38.1 Å². The summed E-state index contributed by atoms with van der Waals surface area (Å²) in [7, 11) is 0. The number of hydrogen-bond acceptors (Lipinski definition) is 7. The molecule has 1 heterocycles. The van der Waals surface area contributed by atoms with E-state index in [9.17, 15) is 23.5 Å². The lowest BCUT2D eigenvalue weighted by molar-refractivity contribution is -0.162. The number of halogens is 2. The van der Waals surface area contributed by atoms with Crippen LogP contribution in [0.15, 0.2) is 89.0 Å². The van der Waals surface area contributed by atoms with Crippen LogP contribution in [0, 0.1) is 11.6 Å². The van der Waals surface area contributed by atoms with Gasteiger partial charge in [-0.15, -0.1) is 0 Å². The lowest BCUT2D eigenvalue weighted by atomic mass is 9.87. The number of carbonyl (C=O) groups is 2. The number of thiol groups is 1. The summed E-state index contributed by atoms with van der Waals surface area (Å²) in [5.74, 6) is -0.794. The molecule has 2 N–H and O–H groups in total. The van der Waals surface area contributed by atoms with Gasteiger partial charge in [0.2, 0.25) is 6.29 Å². The largest absolute Gasteiger partial charge is 0.510 e. The fourth-order valence-corrected chi connectivity index (χ4v) is 7.08. The predicted octanol–water partition coefficient (Wildman–Crippen LogP) is 6.31. The van der Waals surface area contributed by atoms with Gasteiger partial charge in [0.25, 0.3) is 0 Å². The Balaban J connectivity index is 1.29. The van der Waals surface area contributed by atoms with Crippen molar-refractivity contribution < 1.29 is 37.7 Å². The third-order valence-corrected chi connectivity index (χ3v) is 9.75. The van der Waals surface area contributed by atoms with E-state index in [2.05, 4.69) is 21.9 Å². The summed E-state index contributed by atoms with van der Waals surface area (Å²) < 4.78 is 46.3. The number of alkyl carbamates (subject to hydrolysis) is 1. The predicted molar refractivity (Wildman–Crippen MR) is 164 cm³/mol. The highest BCUT2D eigenvalue weighted by Crippen LogP contribution is 2.48. The average molecular weight is 627 g/mol. The van der Waals surface area contributed by atoms with Gasteiger partial charge in [-0.3, -0.25) is 9.10 Å². The van der Waals surface area contributed by atoms with E-state index in [1.807, 2.05) is 18.2 Å². The zero-order valence-electron chi connectivity index (χ0n) is 24.8. The van der Waals surface area contributed by atoms with E-state index in [0.29, 0.717) is 25.3 Å². The maximum atomic E-state index is 13.9. The summed E-state index contributed by atoms with van der Waals surface area (Å²) >= 11 is -0.810. The van der Waals surface area contributed by atoms with Crippen molar-refractivity contribution in [2.24, 2.45) is 0 Å². The van der Waals surface area contributed by atoms with Crippen molar-refractivity contribution in [3.8, 4) is 5.75 Å². The van der Waals surface area contributed by atoms with Crippen molar-refractivity contribution in [1.29, 1.82) is 0 Å². The van der Waals surface area contributed by atoms with Crippen LogP contribution >= 0.6 is 11.1 Å². The van der Waals surface area contributed by atoms with Crippen LogP contribution in [0.25, 0.3) is 0 Å². The van der Waals surface area contributed by atoms with Gasteiger partial charge in [-0.1, -0.05) is 30.3 Å². The Morgan fingerprint density at radius 1 is 1.00 bits per heavy atom. The van der Waals surface area contributed by atoms with Gasteiger partial charge >= 0.3 is 12.1 Å². The van der Waals surface area contributed by atoms with Gasteiger partial charge in [-0.05, 0) is 77.1 Å². The van der Waals surface area contributed by atoms with Gasteiger partial charge in [0.1, 0.15) is 23.1 Å². The number of nitrogens with zero attached hydrogens (tertiary/aromatic N) is 1. The molecule has 8 nitrogen and oxygen atoms in total. The number of ether oxygens (including phenoxy) is 3. The molecule has 11 heteroatoms. The minimum atomic E-state index is -1.07. The zero-order valence-corrected chi connectivity index (χ0v) is 25.7. The molecule has 3 aromatic carbocycles. The van der Waals surface area contributed by atoms with Crippen molar-refractivity contribution in [3.63, 3.8) is 0 Å². The van der Waals surface area contributed by atoms with Crippen LogP contribution in [0.2, 0.25) is 0 Å². The Kier molecular flexibility index (Phi) is 9.45. The summed E-state index contributed by atoms with van der Waals surface area (Å²) in [5, 5.41) is 13.5. The van der Waals surface area contributed by atoms with E-state index >= 15 is 0 Å². The molecule has 3 atom stereocenters. The van der Waals surface area contributed by atoms with Crippen LogP contribution in [0.3, 0.4) is 0 Å². The summed E-state index contributed by atoms with van der Waals surface area (Å²) in [5.41, 5.74) is 1.83. The number of aliphatic hydroxyl groups is 1. The molecule has 3 unspecified atom stereocenters. The topological polar surface area (TPSA) is 97.3 Å². The minimum absolute atomic E-state index is 0.118. The fourth-order valence-electron chi connectivity index (χ4n) is 5.22. The molecule has 234 valence electrons. The molecule has 1 saturated carbocycles. The van der Waals surface area contributed by atoms with Gasteiger partial charge in [0.05, 0.1) is 19.1 Å². The molecule has 0 spiro atoms. The molecule has 3 aromatic rings. The van der Waals surface area contributed by atoms with Gasteiger partial charge in [-0.25, -0.2) is 13.6 Å². The van der Waals surface area contributed by atoms with Crippen LogP contribution < -0.4 is 10.1 Å². The number of allylic oxidation sites excluding steroid dienone is 1. The standard InChI is InChI=1S/C33H36F2N2O6S/c1-21(38)41-22(2)42-32(40)36-30(31(39)24-10-11-24)17-23-6-4-9-29(16-23)44(3)37-19-33(20-37,25-12-14-26(34)15-13-25)43-28-8-5-7-27(35)18-28/h4-9,12-16,18,22,30,39,44H,10-11,17,19-20H2,1-3H3,(H,36,40). The fraction of sp³-hybridized carbons (Fsp3) is 0.333. The number of rotatable bonds is 11. The minimum Gasteiger partial charge on any atom is -0.510 e. The molecule has 2 fully saturated rings. The van der Waals surface area contributed by atoms with Crippen molar-refractivity contribution in [2.45, 2.75) is 55.9 Å². The first kappa shape index (κ1) is 31.3. The molecule has 1 saturated heterocycles. The molecule has 1 aliphatic heterocycles.